The van der Waals surface area contributed by atoms with E-state index in [4.69, 9.17) is 24.2 Å². The van der Waals surface area contributed by atoms with Gasteiger partial charge in [-0.1, -0.05) is 12.1 Å². The first-order valence-corrected chi connectivity index (χ1v) is 12.3. The Morgan fingerprint density at radius 1 is 1.09 bits per heavy atom. The van der Waals surface area contributed by atoms with Crippen molar-refractivity contribution in [1.82, 2.24) is 15.3 Å². The van der Waals surface area contributed by atoms with Crippen LogP contribution in [0, 0.1) is 0 Å². The molecule has 1 saturated carbocycles. The average molecular weight is 472 g/mol. The molecule has 3 N–H and O–H groups in total. The molecule has 1 atom stereocenters. The van der Waals surface area contributed by atoms with Crippen molar-refractivity contribution in [1.29, 1.82) is 0 Å². The fraction of sp³-hybridized carbons (Fsp3) is 0.600. The summed E-state index contributed by atoms with van der Waals surface area (Å²) in [6.07, 6.45) is 4.37. The highest BCUT2D eigenvalue weighted by atomic mass is 16.5. The zero-order chi connectivity index (χ0) is 23.6. The van der Waals surface area contributed by atoms with Gasteiger partial charge in [-0.15, -0.1) is 0 Å². The van der Waals surface area contributed by atoms with Crippen molar-refractivity contribution in [2.45, 2.75) is 37.8 Å². The topological polar surface area (TPSA) is 101 Å². The summed E-state index contributed by atoms with van der Waals surface area (Å²) in [5, 5.41) is 16.3. The van der Waals surface area contributed by atoms with Crippen molar-refractivity contribution in [3.63, 3.8) is 0 Å². The molecule has 186 valence electrons. The van der Waals surface area contributed by atoms with Crippen LogP contribution < -0.4 is 20.3 Å². The summed E-state index contributed by atoms with van der Waals surface area (Å²) >= 11 is 0. The number of hydrogen-bond donors (Lipinski definition) is 3. The van der Waals surface area contributed by atoms with Crippen LogP contribution in [-0.4, -0.2) is 86.9 Å². The highest BCUT2D eigenvalue weighted by molar-refractivity contribution is 5.63. The van der Waals surface area contributed by atoms with Crippen molar-refractivity contribution in [3.8, 4) is 17.1 Å². The molecule has 1 aromatic heterocycles. The summed E-state index contributed by atoms with van der Waals surface area (Å²) in [5.74, 6) is 3.13. The maximum Gasteiger partial charge on any atom is 0.163 e. The molecule has 3 fully saturated rings. The summed E-state index contributed by atoms with van der Waals surface area (Å²) in [6, 6.07) is 10.3. The van der Waals surface area contributed by atoms with Crippen molar-refractivity contribution >= 4 is 11.6 Å². The van der Waals surface area contributed by atoms with E-state index in [1.807, 2.05) is 30.3 Å². The van der Waals surface area contributed by atoms with Gasteiger partial charge in [0.05, 0.1) is 13.2 Å². The van der Waals surface area contributed by atoms with Gasteiger partial charge in [-0.05, 0) is 44.9 Å². The van der Waals surface area contributed by atoms with Crippen LogP contribution in [0.1, 0.15) is 25.7 Å². The second kappa shape index (κ2) is 12.9. The van der Waals surface area contributed by atoms with Crippen molar-refractivity contribution in [3.05, 3.63) is 30.3 Å². The lowest BCUT2D eigenvalue weighted by atomic mass is 10.2. The largest absolute Gasteiger partial charge is 0.491 e. The summed E-state index contributed by atoms with van der Waals surface area (Å²) in [4.78, 5) is 11.8. The third kappa shape index (κ3) is 7.80. The van der Waals surface area contributed by atoms with Gasteiger partial charge >= 0.3 is 0 Å². The highest BCUT2D eigenvalue weighted by Gasteiger charge is 2.23. The SMILES string of the molecule is C1CCOC1.CNCC(O)COc1cccc(-c2nc(NC3CC3)cc(N3CCOCC3)n2)c1. The molecule has 0 amide bonds. The number of nitrogens with one attached hydrogen (secondary N) is 2. The molecule has 9 heteroatoms. The van der Waals surface area contributed by atoms with Crippen LogP contribution >= 0.6 is 0 Å². The number of aliphatic hydroxyl groups excluding tert-OH is 1. The fourth-order valence-electron chi connectivity index (χ4n) is 3.75. The Labute approximate surface area is 201 Å². The Kier molecular flexibility index (Phi) is 9.32. The molecule has 0 bridgehead atoms. The zero-order valence-corrected chi connectivity index (χ0v) is 20.0. The van der Waals surface area contributed by atoms with Gasteiger partial charge in [-0.3, -0.25) is 0 Å². The lowest BCUT2D eigenvalue weighted by Crippen LogP contribution is -2.36. The highest BCUT2D eigenvalue weighted by Crippen LogP contribution is 2.29. The Hall–Kier alpha value is -2.46. The number of nitrogens with zero attached hydrogens (tertiary/aromatic N) is 3. The molecule has 2 aliphatic heterocycles. The van der Waals surface area contributed by atoms with Crippen LogP contribution in [-0.2, 0) is 9.47 Å². The van der Waals surface area contributed by atoms with E-state index in [2.05, 4.69) is 15.5 Å². The predicted molar refractivity (Wildman–Crippen MR) is 133 cm³/mol. The van der Waals surface area contributed by atoms with Gasteiger partial charge < -0.3 is 34.9 Å². The Balaban J connectivity index is 0.000000486. The first kappa shape index (κ1) is 24.7. The van der Waals surface area contributed by atoms with Crippen LogP contribution in [0.2, 0.25) is 0 Å². The van der Waals surface area contributed by atoms with Crippen molar-refractivity contribution in [2.24, 2.45) is 0 Å². The van der Waals surface area contributed by atoms with E-state index in [0.29, 0.717) is 37.4 Å². The van der Waals surface area contributed by atoms with E-state index in [0.717, 1.165) is 43.5 Å². The molecular formula is C25H37N5O4. The van der Waals surface area contributed by atoms with Gasteiger partial charge in [0.25, 0.3) is 0 Å². The Morgan fingerprint density at radius 2 is 1.85 bits per heavy atom. The van der Waals surface area contributed by atoms with E-state index in [9.17, 15) is 5.11 Å². The number of aliphatic hydroxyl groups is 1. The number of morpholine rings is 1. The van der Waals surface area contributed by atoms with Crippen LogP contribution in [0.3, 0.4) is 0 Å². The maximum atomic E-state index is 9.87. The monoisotopic (exact) mass is 471 g/mol. The molecule has 1 unspecified atom stereocenters. The number of benzene rings is 1. The minimum absolute atomic E-state index is 0.230. The summed E-state index contributed by atoms with van der Waals surface area (Å²) in [7, 11) is 1.80. The number of anilines is 2. The predicted octanol–water partition coefficient (Wildman–Crippen LogP) is 2.31. The van der Waals surface area contributed by atoms with Gasteiger partial charge in [0.2, 0.25) is 0 Å². The van der Waals surface area contributed by atoms with Gasteiger partial charge in [-0.25, -0.2) is 9.97 Å². The fourth-order valence-corrected chi connectivity index (χ4v) is 3.75. The van der Waals surface area contributed by atoms with Gasteiger partial charge in [0.15, 0.2) is 5.82 Å². The van der Waals surface area contributed by atoms with E-state index >= 15 is 0 Å². The van der Waals surface area contributed by atoms with Gasteiger partial charge in [-0.2, -0.15) is 0 Å². The molecular weight excluding hydrogens is 434 g/mol. The smallest absolute Gasteiger partial charge is 0.163 e. The minimum atomic E-state index is -0.557. The van der Waals surface area contributed by atoms with Gasteiger partial charge in [0, 0.05) is 50.5 Å². The summed E-state index contributed by atoms with van der Waals surface area (Å²) < 4.78 is 16.2. The third-order valence-corrected chi connectivity index (χ3v) is 5.78. The Bertz CT molecular complexity index is 878. The van der Waals surface area contributed by atoms with Crippen LogP contribution in [0.15, 0.2) is 30.3 Å². The summed E-state index contributed by atoms with van der Waals surface area (Å²) in [5.41, 5.74) is 0.888. The van der Waals surface area contributed by atoms with E-state index in [1.165, 1.54) is 25.7 Å². The molecule has 9 nitrogen and oxygen atoms in total. The summed E-state index contributed by atoms with van der Waals surface area (Å²) in [6.45, 7) is 5.79. The number of ether oxygens (including phenoxy) is 3. The molecule has 34 heavy (non-hydrogen) atoms. The van der Waals surface area contributed by atoms with Crippen LogP contribution in [0.25, 0.3) is 11.4 Å². The zero-order valence-electron chi connectivity index (χ0n) is 20.0. The molecule has 1 aromatic carbocycles. The second-order valence-electron chi connectivity index (χ2n) is 8.82. The number of aromatic nitrogens is 2. The van der Waals surface area contributed by atoms with Crippen LogP contribution in [0.4, 0.5) is 11.6 Å². The first-order chi connectivity index (χ1) is 16.7. The number of likely N-dealkylation sites (N-methyl/N-ethyl adjacent to an activating group) is 1. The molecule has 1 aliphatic carbocycles. The third-order valence-electron chi connectivity index (χ3n) is 5.78. The number of hydrogen-bond acceptors (Lipinski definition) is 9. The first-order valence-electron chi connectivity index (χ1n) is 12.3. The van der Waals surface area contributed by atoms with E-state index in [1.54, 1.807) is 7.05 Å². The standard InChI is InChI=1S/C21H29N5O3.C4H8O/c1-22-13-17(27)14-29-18-4-2-3-15(11-18)21-24-19(23-16-5-6-16)12-20(25-21)26-7-9-28-10-8-26;1-2-4-5-3-1/h2-4,11-12,16-17,22,27H,5-10,13-14H2,1H3,(H,23,24,25);1-4H2. The molecule has 3 heterocycles. The molecule has 5 rings (SSSR count). The molecule has 0 radical (unpaired) electrons. The molecule has 2 saturated heterocycles. The average Bonchev–Trinajstić information content (AvgIpc) is 3.47. The molecule has 2 aromatic rings. The molecule has 0 spiro atoms. The van der Waals surface area contributed by atoms with Gasteiger partial charge in [0.1, 0.15) is 30.1 Å². The van der Waals surface area contributed by atoms with Crippen molar-refractivity contribution in [2.75, 3.05) is 69.9 Å². The van der Waals surface area contributed by atoms with Crippen LogP contribution in [0.5, 0.6) is 5.75 Å². The van der Waals surface area contributed by atoms with E-state index in [-0.39, 0.29) is 6.61 Å². The lowest BCUT2D eigenvalue weighted by Gasteiger charge is -2.28. The Morgan fingerprint density at radius 3 is 2.53 bits per heavy atom. The quantitative estimate of drug-likeness (QED) is 0.509. The lowest BCUT2D eigenvalue weighted by molar-refractivity contribution is 0.108. The molecule has 3 aliphatic rings. The minimum Gasteiger partial charge on any atom is -0.491 e. The number of rotatable bonds is 9. The second-order valence-corrected chi connectivity index (χ2v) is 8.82. The maximum absolute atomic E-state index is 9.87. The van der Waals surface area contributed by atoms with E-state index < -0.39 is 6.10 Å². The van der Waals surface area contributed by atoms with Crippen molar-refractivity contribution < 1.29 is 19.3 Å². The normalized spacial score (nSPS) is 18.7.